The maximum absolute atomic E-state index is 11.0. The van der Waals surface area contributed by atoms with E-state index in [2.05, 4.69) is 23.0 Å². The van der Waals surface area contributed by atoms with Gasteiger partial charge in [-0.3, -0.25) is 9.48 Å². The van der Waals surface area contributed by atoms with Gasteiger partial charge in [0.15, 0.2) is 0 Å². The Morgan fingerprint density at radius 3 is 3.07 bits per heavy atom. The Morgan fingerprint density at radius 2 is 2.43 bits per heavy atom. The summed E-state index contributed by atoms with van der Waals surface area (Å²) in [5.41, 5.74) is 0. The second-order valence-electron chi connectivity index (χ2n) is 2.95. The molecular weight excluding hydrogens is 198 g/mol. The van der Waals surface area contributed by atoms with Crippen molar-refractivity contribution in [2.45, 2.75) is 19.4 Å². The Labute approximate surface area is 89.1 Å². The molecule has 0 aliphatic rings. The molecule has 1 N–H and O–H groups in total. The highest BCUT2D eigenvalue weighted by Crippen LogP contribution is 1.89. The first-order valence-corrected chi connectivity index (χ1v) is 5.31. The van der Waals surface area contributed by atoms with E-state index in [1.807, 2.05) is 16.9 Å². The number of aromatic nitrogens is 2. The number of hydrogen-bond acceptors (Lipinski definition) is 3. The second kappa shape index (κ2) is 6.48. The van der Waals surface area contributed by atoms with E-state index in [1.165, 1.54) is 0 Å². The third kappa shape index (κ3) is 4.32. The molecule has 0 saturated carbocycles. The lowest BCUT2D eigenvalue weighted by molar-refractivity contribution is -0.120. The molecule has 0 aliphatic carbocycles. The van der Waals surface area contributed by atoms with Gasteiger partial charge in [0.1, 0.15) is 0 Å². The first kappa shape index (κ1) is 11.1. The summed E-state index contributed by atoms with van der Waals surface area (Å²) in [4.78, 5) is 11.0. The molecule has 14 heavy (non-hydrogen) atoms. The van der Waals surface area contributed by atoms with Crippen LogP contribution >= 0.6 is 12.6 Å². The molecule has 1 rings (SSSR count). The maximum Gasteiger partial charge on any atom is 0.220 e. The summed E-state index contributed by atoms with van der Waals surface area (Å²) in [6.45, 7) is 1.54. The van der Waals surface area contributed by atoms with E-state index < -0.39 is 0 Å². The molecule has 0 fully saturated rings. The van der Waals surface area contributed by atoms with Gasteiger partial charge in [-0.2, -0.15) is 17.7 Å². The number of thiol groups is 1. The molecule has 0 radical (unpaired) electrons. The quantitative estimate of drug-likeness (QED) is 0.540. The number of rotatable bonds is 6. The first-order chi connectivity index (χ1) is 6.83. The zero-order valence-corrected chi connectivity index (χ0v) is 8.91. The van der Waals surface area contributed by atoms with Crippen LogP contribution in [-0.4, -0.2) is 28.0 Å². The molecule has 0 saturated heterocycles. The van der Waals surface area contributed by atoms with Gasteiger partial charge >= 0.3 is 0 Å². The molecule has 4 nitrogen and oxygen atoms in total. The molecule has 0 unspecified atom stereocenters. The van der Waals surface area contributed by atoms with Crippen LogP contribution in [0, 0.1) is 0 Å². The zero-order valence-electron chi connectivity index (χ0n) is 8.02. The zero-order chi connectivity index (χ0) is 10.2. The van der Waals surface area contributed by atoms with Crippen LogP contribution < -0.4 is 5.32 Å². The number of nitrogens with one attached hydrogen (secondary N) is 1. The highest BCUT2D eigenvalue weighted by molar-refractivity contribution is 7.80. The van der Waals surface area contributed by atoms with Crippen molar-refractivity contribution in [3.8, 4) is 0 Å². The number of nitrogens with zero attached hydrogens (tertiary/aromatic N) is 2. The fraction of sp³-hybridized carbons (Fsp3) is 0.556. The van der Waals surface area contributed by atoms with Crippen LogP contribution in [0.4, 0.5) is 0 Å². The maximum atomic E-state index is 11.0. The van der Waals surface area contributed by atoms with Crippen LogP contribution in [0.15, 0.2) is 18.5 Å². The number of amides is 1. The fourth-order valence-corrected chi connectivity index (χ4v) is 1.29. The normalized spacial score (nSPS) is 10.1. The Hall–Kier alpha value is -0.970. The predicted molar refractivity (Wildman–Crippen MR) is 58.3 cm³/mol. The van der Waals surface area contributed by atoms with Gasteiger partial charge in [-0.25, -0.2) is 0 Å². The number of hydrogen-bond donors (Lipinski definition) is 2. The molecule has 78 valence electrons. The third-order valence-electron chi connectivity index (χ3n) is 1.78. The topological polar surface area (TPSA) is 46.9 Å². The lowest BCUT2D eigenvalue weighted by Gasteiger charge is -2.03. The van der Waals surface area contributed by atoms with Crippen molar-refractivity contribution in [2.24, 2.45) is 0 Å². The van der Waals surface area contributed by atoms with Crippen molar-refractivity contribution in [1.29, 1.82) is 0 Å². The minimum atomic E-state index is 0.0699. The minimum Gasteiger partial charge on any atom is -0.356 e. The summed E-state index contributed by atoms with van der Waals surface area (Å²) >= 11 is 3.98. The van der Waals surface area contributed by atoms with Crippen LogP contribution in [0.25, 0.3) is 0 Å². The summed E-state index contributed by atoms with van der Waals surface area (Å²) in [6.07, 6.45) is 5.06. The Bertz CT molecular complexity index is 261. The lowest BCUT2D eigenvalue weighted by Crippen LogP contribution is -2.25. The van der Waals surface area contributed by atoms with E-state index in [9.17, 15) is 4.79 Å². The highest BCUT2D eigenvalue weighted by Gasteiger charge is 1.97. The molecule has 5 heteroatoms. The summed E-state index contributed by atoms with van der Waals surface area (Å²) in [5.74, 6) is 0.672. The van der Waals surface area contributed by atoms with Crippen molar-refractivity contribution < 1.29 is 4.79 Å². The summed E-state index contributed by atoms with van der Waals surface area (Å²) in [6, 6.07) is 1.89. The Balaban J connectivity index is 2.02. The number of carbonyl (C=O) groups is 1. The Morgan fingerprint density at radius 1 is 1.57 bits per heavy atom. The van der Waals surface area contributed by atoms with E-state index in [0.29, 0.717) is 18.7 Å². The van der Waals surface area contributed by atoms with Gasteiger partial charge in [-0.1, -0.05) is 0 Å². The monoisotopic (exact) mass is 213 g/mol. The lowest BCUT2D eigenvalue weighted by atomic mass is 10.4. The van der Waals surface area contributed by atoms with Crippen molar-refractivity contribution in [2.75, 3.05) is 12.3 Å². The average molecular weight is 213 g/mol. The van der Waals surface area contributed by atoms with E-state index in [-0.39, 0.29) is 5.91 Å². The van der Waals surface area contributed by atoms with Gasteiger partial charge in [0.2, 0.25) is 5.91 Å². The van der Waals surface area contributed by atoms with Crippen LogP contribution in [0.5, 0.6) is 0 Å². The fourth-order valence-electron chi connectivity index (χ4n) is 1.09. The molecule has 0 bridgehead atoms. The van der Waals surface area contributed by atoms with Crippen molar-refractivity contribution in [1.82, 2.24) is 15.1 Å². The number of aryl methyl sites for hydroxylation is 1. The van der Waals surface area contributed by atoms with Crippen molar-refractivity contribution >= 4 is 18.5 Å². The van der Waals surface area contributed by atoms with Gasteiger partial charge in [-0.15, -0.1) is 0 Å². The summed E-state index contributed by atoms with van der Waals surface area (Å²) in [5, 5.41) is 6.88. The predicted octanol–water partition coefficient (Wildman–Crippen LogP) is 0.709. The van der Waals surface area contributed by atoms with Crippen LogP contribution in [0.1, 0.15) is 12.8 Å². The van der Waals surface area contributed by atoms with Gasteiger partial charge in [0.25, 0.3) is 0 Å². The molecule has 1 heterocycles. The highest BCUT2D eigenvalue weighted by atomic mass is 32.1. The minimum absolute atomic E-state index is 0.0699. The van der Waals surface area contributed by atoms with Gasteiger partial charge < -0.3 is 5.32 Å². The molecule has 0 spiro atoms. The van der Waals surface area contributed by atoms with E-state index in [1.54, 1.807) is 6.20 Å². The van der Waals surface area contributed by atoms with Gasteiger partial charge in [0, 0.05) is 31.9 Å². The molecule has 1 aromatic rings. The second-order valence-corrected chi connectivity index (χ2v) is 3.39. The molecule has 1 amide bonds. The summed E-state index contributed by atoms with van der Waals surface area (Å²) in [7, 11) is 0. The summed E-state index contributed by atoms with van der Waals surface area (Å²) < 4.78 is 1.85. The van der Waals surface area contributed by atoms with E-state index >= 15 is 0 Å². The Kier molecular flexibility index (Phi) is 5.14. The van der Waals surface area contributed by atoms with Crippen molar-refractivity contribution in [3.63, 3.8) is 0 Å². The molecule has 0 aliphatic heterocycles. The molecule has 1 aromatic heterocycles. The van der Waals surface area contributed by atoms with Gasteiger partial charge in [0.05, 0.1) is 0 Å². The van der Waals surface area contributed by atoms with Crippen LogP contribution in [0.2, 0.25) is 0 Å². The van der Waals surface area contributed by atoms with Gasteiger partial charge in [-0.05, 0) is 18.2 Å². The average Bonchev–Trinajstić information content (AvgIpc) is 2.65. The van der Waals surface area contributed by atoms with E-state index in [0.717, 1.165) is 13.0 Å². The number of carbonyl (C=O) groups excluding carboxylic acids is 1. The molecule has 0 atom stereocenters. The van der Waals surface area contributed by atoms with Crippen LogP contribution in [0.3, 0.4) is 0 Å². The standard InChI is InChI=1S/C9H15N3OS/c13-9(3-8-14)10-4-1-6-12-7-2-5-11-12/h2,5,7,14H,1,3-4,6,8H2,(H,10,13). The van der Waals surface area contributed by atoms with E-state index in [4.69, 9.17) is 0 Å². The molecular formula is C9H15N3OS. The van der Waals surface area contributed by atoms with Crippen molar-refractivity contribution in [3.05, 3.63) is 18.5 Å². The first-order valence-electron chi connectivity index (χ1n) is 4.68. The van der Waals surface area contributed by atoms with Crippen LogP contribution in [-0.2, 0) is 11.3 Å². The smallest absolute Gasteiger partial charge is 0.220 e. The largest absolute Gasteiger partial charge is 0.356 e. The molecule has 0 aromatic carbocycles. The third-order valence-corrected chi connectivity index (χ3v) is 2.01. The SMILES string of the molecule is O=C(CCS)NCCCn1cccn1.